The lowest BCUT2D eigenvalue weighted by Crippen LogP contribution is -2.34. The fraction of sp³-hybridized carbons (Fsp3) is 0.952. The van der Waals surface area contributed by atoms with Crippen LogP contribution >= 0.6 is 0 Å². The molecule has 0 aromatic carbocycles. The monoisotopic (exact) mass is 1040 g/mol. The minimum absolute atomic E-state index is 0.00220. The molecule has 0 saturated carbocycles. The normalized spacial score (nSPS) is 14.7. The number of likely N-dealkylation sites (tertiary alicyclic amines) is 1. The summed E-state index contributed by atoms with van der Waals surface area (Å²) in [6.07, 6.45) is 42.3. The summed E-state index contributed by atoms with van der Waals surface area (Å²) in [6.45, 7) is 14.2. The highest BCUT2D eigenvalue weighted by atomic mass is 16.7. The number of unbranched alkanes of at least 4 members (excludes halogenated alkanes) is 25. The second-order valence-corrected chi connectivity index (χ2v) is 22.1. The predicted octanol–water partition coefficient (Wildman–Crippen LogP) is 16.1. The van der Waals surface area contributed by atoms with Crippen LogP contribution in [0, 0.1) is 5.92 Å². The number of esters is 3. The van der Waals surface area contributed by atoms with Gasteiger partial charge in [0.25, 0.3) is 0 Å². The summed E-state index contributed by atoms with van der Waals surface area (Å²) in [5.74, 6) is -0.381. The summed E-state index contributed by atoms with van der Waals surface area (Å²) in [5, 5.41) is 11.9. The van der Waals surface area contributed by atoms with Crippen LogP contribution in [-0.2, 0) is 42.8 Å². The molecule has 2 atom stereocenters. The first-order chi connectivity index (χ1) is 35.7. The van der Waals surface area contributed by atoms with E-state index < -0.39 is 5.60 Å². The Bertz CT molecular complexity index is 1210. The van der Waals surface area contributed by atoms with Crippen molar-refractivity contribution in [2.45, 2.75) is 315 Å². The molecule has 0 radical (unpaired) electrons. The topological polar surface area (TPSA) is 130 Å². The third-order valence-electron chi connectivity index (χ3n) is 15.0. The van der Waals surface area contributed by atoms with E-state index in [1.807, 2.05) is 0 Å². The molecule has 0 amide bonds. The molecule has 1 fully saturated rings. The van der Waals surface area contributed by atoms with E-state index in [0.29, 0.717) is 58.7 Å². The van der Waals surface area contributed by atoms with Gasteiger partial charge in [0.15, 0.2) is 6.29 Å². The van der Waals surface area contributed by atoms with Gasteiger partial charge in [0, 0.05) is 32.7 Å². The van der Waals surface area contributed by atoms with E-state index in [1.165, 1.54) is 103 Å². The number of hydrogen-bond acceptors (Lipinski definition) is 11. The molecule has 1 aliphatic rings. The molecule has 2 unspecified atom stereocenters. The fourth-order valence-electron chi connectivity index (χ4n) is 9.97. The zero-order valence-electron chi connectivity index (χ0n) is 48.7. The Balaban J connectivity index is 2.51. The summed E-state index contributed by atoms with van der Waals surface area (Å²) in [5.41, 5.74) is -0.772. The molecular formula is C62H119NO10. The minimum atomic E-state index is -0.772. The van der Waals surface area contributed by atoms with E-state index in [9.17, 15) is 19.5 Å². The molecule has 0 bridgehead atoms. The van der Waals surface area contributed by atoms with Crippen molar-refractivity contribution in [2.75, 3.05) is 59.8 Å². The lowest BCUT2D eigenvalue weighted by molar-refractivity contribution is -0.159. The van der Waals surface area contributed by atoms with Crippen LogP contribution in [0.15, 0.2) is 0 Å². The highest BCUT2D eigenvalue weighted by Crippen LogP contribution is 2.29. The van der Waals surface area contributed by atoms with E-state index in [2.05, 4.69) is 39.6 Å². The van der Waals surface area contributed by atoms with Gasteiger partial charge in [0.1, 0.15) is 0 Å². The lowest BCUT2D eigenvalue weighted by Gasteiger charge is -2.29. The maximum Gasteiger partial charge on any atom is 0.309 e. The number of aliphatic hydroxyl groups is 1. The van der Waals surface area contributed by atoms with E-state index in [0.717, 1.165) is 161 Å². The quantitative estimate of drug-likeness (QED) is 0.0270. The molecule has 1 heterocycles. The molecule has 432 valence electrons. The van der Waals surface area contributed by atoms with Crippen molar-refractivity contribution in [3.05, 3.63) is 0 Å². The van der Waals surface area contributed by atoms with E-state index >= 15 is 0 Å². The van der Waals surface area contributed by atoms with Gasteiger partial charge in [-0.15, -0.1) is 0 Å². The van der Waals surface area contributed by atoms with Crippen molar-refractivity contribution in [3.8, 4) is 0 Å². The summed E-state index contributed by atoms with van der Waals surface area (Å²) < 4.78 is 35.5. The van der Waals surface area contributed by atoms with E-state index in [1.54, 1.807) is 0 Å². The molecule has 0 aliphatic carbocycles. The molecule has 0 aromatic heterocycles. The molecule has 11 heteroatoms. The third-order valence-corrected chi connectivity index (χ3v) is 15.0. The number of piperidine rings is 1. The molecule has 0 spiro atoms. The number of rotatable bonds is 55. The van der Waals surface area contributed by atoms with Gasteiger partial charge in [0.2, 0.25) is 0 Å². The zero-order chi connectivity index (χ0) is 53.1. The fourth-order valence-corrected chi connectivity index (χ4v) is 9.97. The SMILES string of the molecule is CCCCCCCCCC(CCC(=O)OCCCCCCC(O)(CCCCCCOC(=O)CCC(OCCCCCCC)OCCCCCCC)CCCCOC(=O)C1CCN(C)CC1)OCCCCCCC. The first kappa shape index (κ1) is 69.2. The molecule has 1 rings (SSSR count). The smallest absolute Gasteiger partial charge is 0.309 e. The maximum atomic E-state index is 12.8. The van der Waals surface area contributed by atoms with E-state index in [-0.39, 0.29) is 36.2 Å². The van der Waals surface area contributed by atoms with Gasteiger partial charge in [0.05, 0.1) is 43.9 Å². The molecule has 1 N–H and O–H groups in total. The number of nitrogens with zero attached hydrogens (tertiary/aromatic N) is 1. The Morgan fingerprint density at radius 2 is 0.795 bits per heavy atom. The average Bonchev–Trinajstić information content (AvgIpc) is 3.38. The van der Waals surface area contributed by atoms with Gasteiger partial charge in [-0.25, -0.2) is 0 Å². The van der Waals surface area contributed by atoms with Crippen LogP contribution in [0.5, 0.6) is 0 Å². The highest BCUT2D eigenvalue weighted by molar-refractivity contribution is 5.72. The first-order valence-corrected chi connectivity index (χ1v) is 31.4. The van der Waals surface area contributed by atoms with Gasteiger partial charge in [-0.2, -0.15) is 0 Å². The van der Waals surface area contributed by atoms with Gasteiger partial charge >= 0.3 is 17.9 Å². The minimum Gasteiger partial charge on any atom is -0.466 e. The van der Waals surface area contributed by atoms with Crippen molar-refractivity contribution in [1.82, 2.24) is 4.90 Å². The predicted molar refractivity (Wildman–Crippen MR) is 301 cm³/mol. The summed E-state index contributed by atoms with van der Waals surface area (Å²) >= 11 is 0. The van der Waals surface area contributed by atoms with Crippen LogP contribution in [0.2, 0.25) is 0 Å². The second kappa shape index (κ2) is 51.0. The number of carbonyl (C=O) groups excluding carboxylic acids is 3. The molecule has 1 aliphatic heterocycles. The van der Waals surface area contributed by atoms with Crippen molar-refractivity contribution < 1.29 is 47.9 Å². The second-order valence-electron chi connectivity index (χ2n) is 22.1. The zero-order valence-corrected chi connectivity index (χ0v) is 48.7. The Morgan fingerprint density at radius 3 is 1.27 bits per heavy atom. The van der Waals surface area contributed by atoms with E-state index in [4.69, 9.17) is 28.4 Å². The standard InChI is InChI=1S/C62H119NO10/c1-6-10-14-18-19-20-28-38-57(68-50-32-23-15-11-7-2)39-40-58(64)69-51-33-26-21-29-45-62(67,47-31-37-55-73-61(66)56-43-48-63(5)49-44-56)46-30-22-27-34-52-70-59(65)41-42-60(71-53-35-24-16-12-8-3)72-54-36-25-17-13-9-4/h56-57,60,67H,6-55H2,1-5H3. The number of carbonyl (C=O) groups is 3. The van der Waals surface area contributed by atoms with Crippen LogP contribution < -0.4 is 0 Å². The molecule has 0 aromatic rings. The Hall–Kier alpha value is -1.79. The van der Waals surface area contributed by atoms with Crippen LogP contribution in [0.25, 0.3) is 0 Å². The first-order valence-electron chi connectivity index (χ1n) is 31.4. The summed E-state index contributed by atoms with van der Waals surface area (Å²) in [4.78, 5) is 40.4. The third kappa shape index (κ3) is 44.0. The van der Waals surface area contributed by atoms with Gasteiger partial charge in [-0.3, -0.25) is 14.4 Å². The van der Waals surface area contributed by atoms with Gasteiger partial charge < -0.3 is 38.4 Å². The lowest BCUT2D eigenvalue weighted by atomic mass is 9.85. The highest BCUT2D eigenvalue weighted by Gasteiger charge is 2.27. The van der Waals surface area contributed by atoms with Crippen molar-refractivity contribution >= 4 is 17.9 Å². The summed E-state index contributed by atoms with van der Waals surface area (Å²) in [7, 11) is 2.09. The maximum absolute atomic E-state index is 12.8. The van der Waals surface area contributed by atoms with Gasteiger partial charge in [-0.05, 0) is 110 Å². The number of hydrogen-bond donors (Lipinski definition) is 1. The molecule has 11 nitrogen and oxygen atoms in total. The Morgan fingerprint density at radius 1 is 0.438 bits per heavy atom. The van der Waals surface area contributed by atoms with Crippen molar-refractivity contribution in [2.24, 2.45) is 5.92 Å². The Kier molecular flexibility index (Phi) is 48.4. The average molecular weight is 1040 g/mol. The summed E-state index contributed by atoms with van der Waals surface area (Å²) in [6, 6.07) is 0. The number of ether oxygens (including phenoxy) is 6. The van der Waals surface area contributed by atoms with Gasteiger partial charge in [-0.1, -0.05) is 188 Å². The Labute approximate surface area is 450 Å². The van der Waals surface area contributed by atoms with Crippen molar-refractivity contribution in [1.29, 1.82) is 0 Å². The van der Waals surface area contributed by atoms with Crippen LogP contribution in [-0.4, -0.2) is 106 Å². The van der Waals surface area contributed by atoms with Crippen LogP contribution in [0.4, 0.5) is 0 Å². The molecule has 1 saturated heterocycles. The van der Waals surface area contributed by atoms with Crippen LogP contribution in [0.3, 0.4) is 0 Å². The largest absolute Gasteiger partial charge is 0.466 e. The van der Waals surface area contributed by atoms with Crippen LogP contribution in [0.1, 0.15) is 297 Å². The molecule has 73 heavy (non-hydrogen) atoms. The van der Waals surface area contributed by atoms with Crippen molar-refractivity contribution in [3.63, 3.8) is 0 Å². The molecular weight excluding hydrogens is 919 g/mol.